The van der Waals surface area contributed by atoms with Crippen molar-refractivity contribution < 1.29 is 14.3 Å². The Morgan fingerprint density at radius 1 is 1.32 bits per heavy atom. The average molecular weight is 385 g/mol. The lowest BCUT2D eigenvalue weighted by molar-refractivity contribution is -0.132. The molecule has 0 radical (unpaired) electrons. The van der Waals surface area contributed by atoms with Gasteiger partial charge in [-0.3, -0.25) is 9.59 Å². The molecule has 1 N–H and O–H groups in total. The molecule has 1 aromatic carbocycles. The molecule has 1 unspecified atom stereocenters. The Kier molecular flexibility index (Phi) is 6.76. The standard InChI is InChI=1S/C20H27N5O3/c1-15-6-3-4-7-16(15)12-19(26)24-10-5-8-17(13-24)25-14-18(22-23-25)20(27)21-9-11-28-2/h3-4,6-7,14,17H,5,8-13H2,1-2H3,(H,21,27). The molecule has 0 aliphatic carbocycles. The Balaban J connectivity index is 1.59. The summed E-state index contributed by atoms with van der Waals surface area (Å²) in [4.78, 5) is 26.7. The van der Waals surface area contributed by atoms with E-state index in [1.165, 1.54) is 0 Å². The van der Waals surface area contributed by atoms with Crippen molar-refractivity contribution in [3.63, 3.8) is 0 Å². The van der Waals surface area contributed by atoms with Crippen LogP contribution in [0.2, 0.25) is 0 Å². The second-order valence-electron chi connectivity index (χ2n) is 7.07. The second kappa shape index (κ2) is 9.45. The van der Waals surface area contributed by atoms with Crippen LogP contribution in [0.1, 0.15) is 40.5 Å². The van der Waals surface area contributed by atoms with Crippen LogP contribution in [0.15, 0.2) is 30.5 Å². The van der Waals surface area contributed by atoms with Crippen LogP contribution in [0.3, 0.4) is 0 Å². The quantitative estimate of drug-likeness (QED) is 0.727. The number of likely N-dealkylation sites (tertiary alicyclic amines) is 1. The Labute approximate surface area is 164 Å². The summed E-state index contributed by atoms with van der Waals surface area (Å²) in [7, 11) is 1.58. The number of aryl methyl sites for hydroxylation is 1. The number of amides is 2. The van der Waals surface area contributed by atoms with E-state index >= 15 is 0 Å². The first-order chi connectivity index (χ1) is 13.6. The maximum Gasteiger partial charge on any atom is 0.273 e. The molecule has 1 saturated heterocycles. The highest BCUT2D eigenvalue weighted by molar-refractivity contribution is 5.91. The number of hydrogen-bond acceptors (Lipinski definition) is 5. The summed E-state index contributed by atoms with van der Waals surface area (Å²) in [5.74, 6) is -0.150. The fraction of sp³-hybridized carbons (Fsp3) is 0.500. The van der Waals surface area contributed by atoms with Crippen molar-refractivity contribution in [3.05, 3.63) is 47.3 Å². The lowest BCUT2D eigenvalue weighted by Crippen LogP contribution is -2.41. The number of rotatable bonds is 7. The fourth-order valence-corrected chi connectivity index (χ4v) is 3.40. The van der Waals surface area contributed by atoms with Gasteiger partial charge in [0.25, 0.3) is 5.91 Å². The minimum atomic E-state index is -0.272. The number of nitrogens with zero attached hydrogens (tertiary/aromatic N) is 4. The first-order valence-corrected chi connectivity index (χ1v) is 9.59. The predicted octanol–water partition coefficient (Wildman–Crippen LogP) is 1.37. The summed E-state index contributed by atoms with van der Waals surface area (Å²) in [6, 6.07) is 8.00. The highest BCUT2D eigenvalue weighted by Gasteiger charge is 2.26. The smallest absolute Gasteiger partial charge is 0.273 e. The summed E-state index contributed by atoms with van der Waals surface area (Å²) in [5.41, 5.74) is 2.47. The molecule has 2 aromatic rings. The number of piperidine rings is 1. The highest BCUT2D eigenvalue weighted by atomic mass is 16.5. The van der Waals surface area contributed by atoms with Gasteiger partial charge in [-0.2, -0.15) is 0 Å². The molecule has 1 aromatic heterocycles. The Bertz CT molecular complexity index is 820. The normalized spacial score (nSPS) is 16.8. The van der Waals surface area contributed by atoms with Gasteiger partial charge < -0.3 is 15.0 Å². The largest absolute Gasteiger partial charge is 0.383 e. The Hall–Kier alpha value is -2.74. The third-order valence-electron chi connectivity index (χ3n) is 5.06. The van der Waals surface area contributed by atoms with Crippen LogP contribution in [0.4, 0.5) is 0 Å². The number of carbonyl (C=O) groups is 2. The minimum absolute atomic E-state index is 0.0302. The van der Waals surface area contributed by atoms with E-state index in [9.17, 15) is 9.59 Å². The molecule has 8 nitrogen and oxygen atoms in total. The van der Waals surface area contributed by atoms with Gasteiger partial charge in [0.15, 0.2) is 5.69 Å². The lowest BCUT2D eigenvalue weighted by atomic mass is 10.0. The summed E-state index contributed by atoms with van der Waals surface area (Å²) in [6.07, 6.45) is 3.87. The van der Waals surface area contributed by atoms with Crippen molar-refractivity contribution in [2.75, 3.05) is 33.4 Å². The van der Waals surface area contributed by atoms with Gasteiger partial charge in [0.1, 0.15) is 0 Å². The first-order valence-electron chi connectivity index (χ1n) is 9.59. The van der Waals surface area contributed by atoms with Gasteiger partial charge in [-0.05, 0) is 30.9 Å². The van der Waals surface area contributed by atoms with Crippen LogP contribution in [0.25, 0.3) is 0 Å². The zero-order valence-corrected chi connectivity index (χ0v) is 16.4. The van der Waals surface area contributed by atoms with Crippen LogP contribution >= 0.6 is 0 Å². The molecule has 0 saturated carbocycles. The van der Waals surface area contributed by atoms with Crippen LogP contribution in [-0.2, 0) is 16.0 Å². The van der Waals surface area contributed by atoms with E-state index in [0.717, 1.165) is 30.5 Å². The number of benzene rings is 1. The van der Waals surface area contributed by atoms with Gasteiger partial charge in [0.2, 0.25) is 5.91 Å². The minimum Gasteiger partial charge on any atom is -0.383 e. The zero-order valence-electron chi connectivity index (χ0n) is 16.4. The van der Waals surface area contributed by atoms with Gasteiger partial charge in [-0.25, -0.2) is 4.68 Å². The number of aromatic nitrogens is 3. The molecule has 150 valence electrons. The third-order valence-corrected chi connectivity index (χ3v) is 5.06. The predicted molar refractivity (Wildman–Crippen MR) is 104 cm³/mol. The molecule has 1 aliphatic rings. The topological polar surface area (TPSA) is 89.4 Å². The molecular weight excluding hydrogens is 358 g/mol. The molecule has 2 heterocycles. The van der Waals surface area contributed by atoms with Gasteiger partial charge >= 0.3 is 0 Å². The highest BCUT2D eigenvalue weighted by Crippen LogP contribution is 2.22. The molecular formula is C20H27N5O3. The molecule has 1 aliphatic heterocycles. The number of methoxy groups -OCH3 is 1. The maximum absolute atomic E-state index is 12.8. The molecule has 3 rings (SSSR count). The van der Waals surface area contributed by atoms with Crippen molar-refractivity contribution in [2.45, 2.75) is 32.2 Å². The van der Waals surface area contributed by atoms with E-state index in [0.29, 0.717) is 26.1 Å². The monoisotopic (exact) mass is 385 g/mol. The van der Waals surface area contributed by atoms with E-state index < -0.39 is 0 Å². The van der Waals surface area contributed by atoms with Crippen molar-refractivity contribution in [3.8, 4) is 0 Å². The van der Waals surface area contributed by atoms with Crippen molar-refractivity contribution in [1.29, 1.82) is 0 Å². The average Bonchev–Trinajstić information content (AvgIpc) is 3.20. The Morgan fingerprint density at radius 2 is 2.14 bits per heavy atom. The number of nitrogens with one attached hydrogen (secondary N) is 1. The van der Waals surface area contributed by atoms with Crippen LogP contribution < -0.4 is 5.32 Å². The Morgan fingerprint density at radius 3 is 2.93 bits per heavy atom. The second-order valence-corrected chi connectivity index (χ2v) is 7.07. The molecule has 1 atom stereocenters. The van der Waals surface area contributed by atoms with E-state index in [4.69, 9.17) is 4.74 Å². The summed E-state index contributed by atoms with van der Waals surface area (Å²) >= 11 is 0. The number of ether oxygens (including phenoxy) is 1. The van der Waals surface area contributed by atoms with Crippen molar-refractivity contribution in [1.82, 2.24) is 25.2 Å². The van der Waals surface area contributed by atoms with Crippen molar-refractivity contribution in [2.24, 2.45) is 0 Å². The van der Waals surface area contributed by atoms with Crippen LogP contribution in [0, 0.1) is 6.92 Å². The van der Waals surface area contributed by atoms with Crippen LogP contribution in [-0.4, -0.2) is 65.1 Å². The zero-order chi connectivity index (χ0) is 19.9. The van der Waals surface area contributed by atoms with E-state index in [2.05, 4.69) is 15.6 Å². The van der Waals surface area contributed by atoms with Gasteiger partial charge in [0.05, 0.1) is 25.3 Å². The molecule has 0 bridgehead atoms. The fourth-order valence-electron chi connectivity index (χ4n) is 3.40. The number of hydrogen-bond donors (Lipinski definition) is 1. The molecule has 0 spiro atoms. The van der Waals surface area contributed by atoms with Gasteiger partial charge in [0, 0.05) is 26.7 Å². The summed E-state index contributed by atoms with van der Waals surface area (Å²) in [5, 5.41) is 10.8. The van der Waals surface area contributed by atoms with Gasteiger partial charge in [-0.15, -0.1) is 5.10 Å². The number of carbonyl (C=O) groups excluding carboxylic acids is 2. The van der Waals surface area contributed by atoms with E-state index in [1.807, 2.05) is 36.1 Å². The molecule has 28 heavy (non-hydrogen) atoms. The van der Waals surface area contributed by atoms with Crippen molar-refractivity contribution >= 4 is 11.8 Å². The van der Waals surface area contributed by atoms with E-state index in [-0.39, 0.29) is 23.6 Å². The molecule has 1 fully saturated rings. The first kappa shape index (κ1) is 20.0. The maximum atomic E-state index is 12.8. The van der Waals surface area contributed by atoms with Gasteiger partial charge in [-0.1, -0.05) is 29.5 Å². The lowest BCUT2D eigenvalue weighted by Gasteiger charge is -2.32. The molecule has 2 amide bonds. The summed E-state index contributed by atoms with van der Waals surface area (Å²) < 4.78 is 6.63. The van der Waals surface area contributed by atoms with Crippen LogP contribution in [0.5, 0.6) is 0 Å². The summed E-state index contributed by atoms with van der Waals surface area (Å²) in [6.45, 7) is 4.22. The SMILES string of the molecule is COCCNC(=O)c1cn(C2CCCN(C(=O)Cc3ccccc3C)C2)nn1. The van der Waals surface area contributed by atoms with E-state index in [1.54, 1.807) is 18.0 Å². The molecule has 8 heteroatoms. The third kappa shape index (κ3) is 4.95.